The van der Waals surface area contributed by atoms with E-state index >= 15 is 0 Å². The number of aromatic carboxylic acids is 1. The molecule has 0 radical (unpaired) electrons. The number of unbranched alkanes of at least 4 members (excludes halogenated alkanes) is 6. The van der Waals surface area contributed by atoms with Gasteiger partial charge in [0.15, 0.2) is 5.78 Å². The molecule has 0 bridgehead atoms. The number of aromatic hydroxyl groups is 2. The van der Waals surface area contributed by atoms with Gasteiger partial charge in [0.2, 0.25) is 0 Å². The van der Waals surface area contributed by atoms with Crippen LogP contribution >= 0.6 is 0 Å². The van der Waals surface area contributed by atoms with E-state index in [0.717, 1.165) is 51.4 Å². The highest BCUT2D eigenvalue weighted by molar-refractivity contribution is 5.97. The smallest absolute Gasteiger partial charge is 0.339 e. The van der Waals surface area contributed by atoms with Gasteiger partial charge in [-0.3, -0.25) is 4.79 Å². The Morgan fingerprint density at radius 2 is 1.40 bits per heavy atom. The minimum Gasteiger partial charge on any atom is -0.507 e. The number of phenols is 2. The largest absolute Gasteiger partial charge is 0.507 e. The fraction of sp³-hybridized carbons (Fsp3) is 0.481. The first kappa shape index (κ1) is 29.8. The van der Waals surface area contributed by atoms with Gasteiger partial charge < -0.3 is 30.3 Å². The summed E-state index contributed by atoms with van der Waals surface area (Å²) in [5.41, 5.74) is 0.920. The monoisotopic (exact) mass is 490 g/mol. The highest BCUT2D eigenvalue weighted by atomic mass is 16.5. The molecule has 5 N–H and O–H groups in total. The van der Waals surface area contributed by atoms with Gasteiger partial charge in [-0.05, 0) is 50.5 Å². The number of rotatable bonds is 16. The summed E-state index contributed by atoms with van der Waals surface area (Å²) in [7, 11) is 0. The average Bonchev–Trinajstić information content (AvgIpc) is 2.79. The lowest BCUT2D eigenvalue weighted by atomic mass is 10.0. The maximum absolute atomic E-state index is 11.7. The quantitative estimate of drug-likeness (QED) is 0.213. The molecule has 8 nitrogen and oxygen atoms in total. The summed E-state index contributed by atoms with van der Waals surface area (Å²) in [4.78, 5) is 22.5. The van der Waals surface area contributed by atoms with Crippen molar-refractivity contribution in [3.8, 4) is 23.0 Å². The molecule has 0 saturated heterocycles. The van der Waals surface area contributed by atoms with E-state index in [-0.39, 0.29) is 28.3 Å². The van der Waals surface area contributed by atoms with Gasteiger partial charge in [0.1, 0.15) is 28.6 Å². The molecule has 0 aliphatic heterocycles. The zero-order chi connectivity index (χ0) is 24.9. The third kappa shape index (κ3) is 9.48. The van der Waals surface area contributed by atoms with Crippen LogP contribution in [0.3, 0.4) is 0 Å². The van der Waals surface area contributed by atoms with Crippen molar-refractivity contribution in [2.45, 2.75) is 71.6 Å². The normalized spacial score (nSPS) is 10.5. The van der Waals surface area contributed by atoms with Gasteiger partial charge in [0.25, 0.3) is 0 Å². The topological polar surface area (TPSA) is 145 Å². The predicted molar refractivity (Wildman–Crippen MR) is 134 cm³/mol. The van der Waals surface area contributed by atoms with Gasteiger partial charge in [0.05, 0.1) is 18.8 Å². The van der Waals surface area contributed by atoms with E-state index in [0.29, 0.717) is 42.3 Å². The minimum atomic E-state index is -1.17. The van der Waals surface area contributed by atoms with Crippen LogP contribution in [-0.4, -0.2) is 45.8 Å². The van der Waals surface area contributed by atoms with E-state index in [1.165, 1.54) is 19.1 Å². The van der Waals surface area contributed by atoms with Crippen LogP contribution in [0.2, 0.25) is 0 Å². The second-order valence-electron chi connectivity index (χ2n) is 8.40. The summed E-state index contributed by atoms with van der Waals surface area (Å²) in [6, 6.07) is 7.63. The number of phenolic OH excluding ortho intramolecular Hbond substituents is 1. The number of carboxylic acid groups (broad SMARTS) is 1. The molecule has 8 heteroatoms. The van der Waals surface area contributed by atoms with E-state index in [4.69, 9.17) is 14.6 Å². The number of hydrogen-bond donors (Lipinski definition) is 3. The lowest BCUT2D eigenvalue weighted by Crippen LogP contribution is -2.03. The van der Waals surface area contributed by atoms with Gasteiger partial charge >= 0.3 is 5.97 Å². The van der Waals surface area contributed by atoms with Gasteiger partial charge in [0, 0.05) is 11.6 Å². The Bertz CT molecular complexity index is 954. The Morgan fingerprint density at radius 3 is 1.94 bits per heavy atom. The fourth-order valence-corrected chi connectivity index (χ4v) is 3.77. The molecular formula is C27H38O8. The molecule has 0 unspecified atom stereocenters. The van der Waals surface area contributed by atoms with Gasteiger partial charge in [-0.25, -0.2) is 4.79 Å². The van der Waals surface area contributed by atoms with Crippen LogP contribution in [0, 0.1) is 0 Å². The van der Waals surface area contributed by atoms with Gasteiger partial charge in [-0.2, -0.15) is 0 Å². The second kappa shape index (κ2) is 15.6. The van der Waals surface area contributed by atoms with Crippen LogP contribution in [0.4, 0.5) is 0 Å². The third-order valence-electron chi connectivity index (χ3n) is 5.63. The molecule has 0 fully saturated rings. The van der Waals surface area contributed by atoms with Crippen molar-refractivity contribution in [2.75, 3.05) is 13.2 Å². The molecule has 35 heavy (non-hydrogen) atoms. The number of hydrogen-bond acceptors (Lipinski definition) is 6. The lowest BCUT2D eigenvalue weighted by Gasteiger charge is -2.14. The Morgan fingerprint density at radius 1 is 0.829 bits per heavy atom. The molecule has 2 aromatic carbocycles. The highest BCUT2D eigenvalue weighted by Crippen LogP contribution is 2.33. The van der Waals surface area contributed by atoms with Gasteiger partial charge in [-0.1, -0.05) is 45.4 Å². The van der Waals surface area contributed by atoms with Crippen molar-refractivity contribution in [3.63, 3.8) is 0 Å². The number of carboxylic acids is 1. The van der Waals surface area contributed by atoms with Gasteiger partial charge in [-0.15, -0.1) is 0 Å². The lowest BCUT2D eigenvalue weighted by molar-refractivity contribution is 0.0693. The number of benzene rings is 2. The van der Waals surface area contributed by atoms with E-state index in [1.54, 1.807) is 18.2 Å². The van der Waals surface area contributed by atoms with Crippen molar-refractivity contribution < 1.29 is 39.9 Å². The standard InChI is InChI=1S/C27H36O7.H2O/c1-3-11-23-25(15-14-21(19(2)28)26(23)30)34-17-10-8-6-4-5-7-9-16-33-20-12-13-22(27(31)32)24(29)18-20;/h12-15,18,29-30H,3-11,16-17H2,1-2H3,(H,31,32);1H2. The third-order valence-corrected chi connectivity index (χ3v) is 5.63. The zero-order valence-electron chi connectivity index (χ0n) is 20.6. The Hall–Kier alpha value is -3.26. The number of carbonyl (C=O) groups is 2. The van der Waals surface area contributed by atoms with E-state index in [9.17, 15) is 19.8 Å². The van der Waals surface area contributed by atoms with Crippen molar-refractivity contribution >= 4 is 11.8 Å². The molecule has 194 valence electrons. The maximum Gasteiger partial charge on any atom is 0.339 e. The molecule has 0 aromatic heterocycles. The molecule has 0 aliphatic carbocycles. The zero-order valence-corrected chi connectivity index (χ0v) is 20.6. The number of Topliss-reactive ketones (excluding diaryl/α,β-unsaturated/α-hetero) is 1. The minimum absolute atomic E-state index is 0. The number of carbonyl (C=O) groups excluding carboxylic acids is 1. The van der Waals surface area contributed by atoms with Crippen LogP contribution in [-0.2, 0) is 6.42 Å². The predicted octanol–water partition coefficient (Wildman–Crippen LogP) is 5.31. The van der Waals surface area contributed by atoms with Crippen LogP contribution in [0.5, 0.6) is 23.0 Å². The first-order valence-electron chi connectivity index (χ1n) is 12.0. The van der Waals surface area contributed by atoms with Crippen LogP contribution < -0.4 is 9.47 Å². The van der Waals surface area contributed by atoms with Crippen LogP contribution in [0.15, 0.2) is 30.3 Å². The number of ether oxygens (including phenoxy) is 2. The first-order chi connectivity index (χ1) is 16.3. The van der Waals surface area contributed by atoms with E-state index in [2.05, 4.69) is 0 Å². The summed E-state index contributed by atoms with van der Waals surface area (Å²) in [5, 5.41) is 29.0. The average molecular weight is 491 g/mol. The molecule has 0 amide bonds. The molecule has 2 rings (SSSR count). The summed E-state index contributed by atoms with van der Waals surface area (Å²) < 4.78 is 11.5. The second-order valence-corrected chi connectivity index (χ2v) is 8.40. The number of ketones is 1. The van der Waals surface area contributed by atoms with E-state index in [1.807, 2.05) is 6.92 Å². The molecule has 0 atom stereocenters. The van der Waals surface area contributed by atoms with Crippen molar-refractivity contribution in [3.05, 3.63) is 47.0 Å². The molecular weight excluding hydrogens is 452 g/mol. The van der Waals surface area contributed by atoms with E-state index < -0.39 is 5.97 Å². The highest BCUT2D eigenvalue weighted by Gasteiger charge is 2.15. The van der Waals surface area contributed by atoms with Crippen LogP contribution in [0.1, 0.15) is 91.5 Å². The maximum atomic E-state index is 11.7. The molecule has 0 aliphatic rings. The van der Waals surface area contributed by atoms with Crippen molar-refractivity contribution in [1.29, 1.82) is 0 Å². The summed E-state index contributed by atoms with van der Waals surface area (Å²) in [6.07, 6.45) is 8.80. The van der Waals surface area contributed by atoms with Crippen LogP contribution in [0.25, 0.3) is 0 Å². The fourth-order valence-electron chi connectivity index (χ4n) is 3.77. The summed E-state index contributed by atoms with van der Waals surface area (Å²) in [5.74, 6) is -0.435. The Balaban J connectivity index is 0.00000612. The summed E-state index contributed by atoms with van der Waals surface area (Å²) >= 11 is 0. The molecule has 2 aromatic rings. The Labute approximate surface area is 206 Å². The Kier molecular flexibility index (Phi) is 13.3. The van der Waals surface area contributed by atoms with Crippen molar-refractivity contribution in [1.82, 2.24) is 0 Å². The molecule has 0 saturated carbocycles. The molecule has 0 spiro atoms. The first-order valence-corrected chi connectivity index (χ1v) is 12.0. The molecule has 0 heterocycles. The SMILES string of the molecule is CCCc1c(OCCCCCCCCCOc2ccc(C(=O)O)c(O)c2)ccc(C(C)=O)c1O.O. The summed E-state index contributed by atoms with van der Waals surface area (Å²) in [6.45, 7) is 4.58. The van der Waals surface area contributed by atoms with Crippen molar-refractivity contribution in [2.24, 2.45) is 0 Å².